The van der Waals surface area contributed by atoms with Gasteiger partial charge < -0.3 is 4.52 Å². The van der Waals surface area contributed by atoms with Crippen molar-refractivity contribution in [2.45, 2.75) is 52.3 Å². The van der Waals surface area contributed by atoms with Gasteiger partial charge in [-0.25, -0.2) is 0 Å². The highest BCUT2D eigenvalue weighted by Crippen LogP contribution is 2.48. The van der Waals surface area contributed by atoms with Crippen LogP contribution in [0, 0.1) is 17.8 Å². The molecule has 1 fully saturated rings. The van der Waals surface area contributed by atoms with Crippen molar-refractivity contribution >= 4 is 7.52 Å². The Hall–Kier alpha value is -0.630. The van der Waals surface area contributed by atoms with Crippen molar-refractivity contribution in [2.24, 2.45) is 23.3 Å². The summed E-state index contributed by atoms with van der Waals surface area (Å²) < 4.78 is 18.6. The molecule has 4 heteroatoms. The first-order valence-corrected chi connectivity index (χ1v) is 9.85. The zero-order valence-electron chi connectivity index (χ0n) is 13.4. The molecule has 1 aliphatic rings. The minimum Gasteiger partial charge on any atom is -0.314 e. The molecule has 0 saturated heterocycles. The summed E-state index contributed by atoms with van der Waals surface area (Å²) in [7, 11) is -3.09. The molecule has 1 aliphatic carbocycles. The van der Waals surface area contributed by atoms with Gasteiger partial charge in [0.25, 0.3) is 7.52 Å². The van der Waals surface area contributed by atoms with Gasteiger partial charge in [0.15, 0.2) is 0 Å². The molecule has 0 bridgehead atoms. The zero-order chi connectivity index (χ0) is 15.5. The molecule has 1 saturated carbocycles. The molecule has 1 aromatic carbocycles. The summed E-state index contributed by atoms with van der Waals surface area (Å²) in [6.07, 6.45) is 3.71. The van der Waals surface area contributed by atoms with Gasteiger partial charge >= 0.3 is 0 Å². The highest BCUT2D eigenvalue weighted by Gasteiger charge is 2.35. The molecule has 3 nitrogen and oxygen atoms in total. The molecule has 1 aromatic rings. The SMILES string of the molecule is CC(C)[C@@H]1CC[C@@H](C)C[C@H]1O[P@](N)(=O)Cc1ccccc1. The van der Waals surface area contributed by atoms with Crippen LogP contribution in [0.2, 0.25) is 0 Å². The van der Waals surface area contributed by atoms with Crippen molar-refractivity contribution in [3.8, 4) is 0 Å². The molecular formula is C17H28NO2P. The van der Waals surface area contributed by atoms with Crippen LogP contribution in [0.15, 0.2) is 30.3 Å². The number of hydrogen-bond acceptors (Lipinski definition) is 2. The van der Waals surface area contributed by atoms with Crippen LogP contribution in [0.5, 0.6) is 0 Å². The summed E-state index contributed by atoms with van der Waals surface area (Å²) in [5, 5.41) is 0. The zero-order valence-corrected chi connectivity index (χ0v) is 14.3. The van der Waals surface area contributed by atoms with Gasteiger partial charge in [-0.05, 0) is 36.2 Å². The number of hydrogen-bond donors (Lipinski definition) is 1. The Labute approximate surface area is 128 Å². The standard InChI is InChI=1S/C17H28NO2P/c1-13(2)16-10-9-14(3)11-17(16)20-21(18,19)12-15-7-5-4-6-8-15/h4-8,13-14,16-17H,9-12H2,1-3H3,(H2,18,19)/t14-,16+,17-,21-/m1/s1. The number of rotatable bonds is 5. The molecule has 118 valence electrons. The van der Waals surface area contributed by atoms with E-state index in [-0.39, 0.29) is 6.10 Å². The van der Waals surface area contributed by atoms with Crippen LogP contribution in [-0.2, 0) is 15.3 Å². The van der Waals surface area contributed by atoms with Gasteiger partial charge in [0.05, 0.1) is 12.3 Å². The molecule has 0 unspecified atom stereocenters. The van der Waals surface area contributed by atoms with E-state index >= 15 is 0 Å². The maximum Gasteiger partial charge on any atom is 0.271 e. The topological polar surface area (TPSA) is 52.3 Å². The van der Waals surface area contributed by atoms with Crippen LogP contribution in [0.4, 0.5) is 0 Å². The van der Waals surface area contributed by atoms with E-state index in [1.165, 1.54) is 6.42 Å². The van der Waals surface area contributed by atoms with E-state index < -0.39 is 7.52 Å². The quantitative estimate of drug-likeness (QED) is 0.794. The highest BCUT2D eigenvalue weighted by atomic mass is 31.2. The lowest BCUT2D eigenvalue weighted by Crippen LogP contribution is -2.34. The first-order valence-electron chi connectivity index (χ1n) is 7.97. The van der Waals surface area contributed by atoms with Crippen LogP contribution in [0.3, 0.4) is 0 Å². The molecule has 0 spiro atoms. The lowest BCUT2D eigenvalue weighted by Gasteiger charge is -2.38. The van der Waals surface area contributed by atoms with Crippen LogP contribution in [-0.4, -0.2) is 6.10 Å². The second-order valence-corrected chi connectivity index (χ2v) is 8.82. The van der Waals surface area contributed by atoms with Gasteiger partial charge in [0, 0.05) is 0 Å². The van der Waals surface area contributed by atoms with Gasteiger partial charge in [-0.1, -0.05) is 57.5 Å². The second kappa shape index (κ2) is 7.09. The Bertz CT molecular complexity index is 489. The van der Waals surface area contributed by atoms with Gasteiger partial charge in [-0.3, -0.25) is 10.1 Å². The van der Waals surface area contributed by atoms with E-state index in [4.69, 9.17) is 10.0 Å². The fourth-order valence-corrected chi connectivity index (χ4v) is 4.84. The first-order chi connectivity index (χ1) is 9.87. The molecule has 2 rings (SSSR count). The lowest BCUT2D eigenvalue weighted by atomic mass is 9.75. The van der Waals surface area contributed by atoms with E-state index in [0.29, 0.717) is 23.9 Å². The van der Waals surface area contributed by atoms with Crippen LogP contribution in [0.25, 0.3) is 0 Å². The largest absolute Gasteiger partial charge is 0.314 e. The molecule has 0 heterocycles. The fourth-order valence-electron chi connectivity index (χ4n) is 3.34. The van der Waals surface area contributed by atoms with Crippen molar-refractivity contribution < 1.29 is 9.09 Å². The lowest BCUT2D eigenvalue weighted by molar-refractivity contribution is 0.0479. The van der Waals surface area contributed by atoms with Gasteiger partial charge in [-0.15, -0.1) is 0 Å². The minimum absolute atomic E-state index is 0.0355. The highest BCUT2D eigenvalue weighted by molar-refractivity contribution is 7.55. The predicted molar refractivity (Wildman–Crippen MR) is 88.2 cm³/mol. The molecule has 2 N–H and O–H groups in total. The summed E-state index contributed by atoms with van der Waals surface area (Å²) in [6, 6.07) is 9.73. The fraction of sp³-hybridized carbons (Fsp3) is 0.647. The van der Waals surface area contributed by atoms with Crippen molar-refractivity contribution in [1.29, 1.82) is 0 Å². The number of nitrogens with two attached hydrogens (primary N) is 1. The molecule has 0 radical (unpaired) electrons. The molecular weight excluding hydrogens is 281 g/mol. The van der Waals surface area contributed by atoms with Gasteiger partial charge in [0.1, 0.15) is 0 Å². The van der Waals surface area contributed by atoms with E-state index in [1.54, 1.807) is 0 Å². The minimum atomic E-state index is -3.09. The van der Waals surface area contributed by atoms with Crippen LogP contribution >= 0.6 is 7.52 Å². The van der Waals surface area contributed by atoms with E-state index in [2.05, 4.69) is 20.8 Å². The molecule has 21 heavy (non-hydrogen) atoms. The molecule has 4 atom stereocenters. The molecule has 0 aliphatic heterocycles. The van der Waals surface area contributed by atoms with E-state index in [1.807, 2.05) is 30.3 Å². The van der Waals surface area contributed by atoms with Gasteiger partial charge in [0.2, 0.25) is 0 Å². The summed E-state index contributed by atoms with van der Waals surface area (Å²) in [4.78, 5) is 0. The van der Waals surface area contributed by atoms with Crippen molar-refractivity contribution in [3.05, 3.63) is 35.9 Å². The molecule has 0 amide bonds. The Balaban J connectivity index is 2.04. The summed E-state index contributed by atoms with van der Waals surface area (Å²) in [5.41, 5.74) is 7.00. The monoisotopic (exact) mass is 309 g/mol. The Morgan fingerprint density at radius 2 is 1.95 bits per heavy atom. The maximum absolute atomic E-state index is 12.7. The molecule has 0 aromatic heterocycles. The Morgan fingerprint density at radius 3 is 2.57 bits per heavy atom. The van der Waals surface area contributed by atoms with E-state index in [9.17, 15) is 4.57 Å². The van der Waals surface area contributed by atoms with Crippen molar-refractivity contribution in [2.75, 3.05) is 0 Å². The summed E-state index contributed by atoms with van der Waals surface area (Å²) in [6.45, 7) is 6.68. The van der Waals surface area contributed by atoms with Gasteiger partial charge in [-0.2, -0.15) is 0 Å². The third kappa shape index (κ3) is 4.95. The Kier molecular flexibility index (Phi) is 5.65. The maximum atomic E-state index is 12.7. The third-order valence-corrected chi connectivity index (χ3v) is 5.95. The third-order valence-electron chi connectivity index (χ3n) is 4.52. The smallest absolute Gasteiger partial charge is 0.271 e. The average Bonchev–Trinajstić information content (AvgIpc) is 2.38. The second-order valence-electron chi connectivity index (χ2n) is 6.84. The van der Waals surface area contributed by atoms with Crippen molar-refractivity contribution in [1.82, 2.24) is 0 Å². The Morgan fingerprint density at radius 1 is 1.29 bits per heavy atom. The summed E-state index contributed by atoms with van der Waals surface area (Å²) >= 11 is 0. The predicted octanol–water partition coefficient (Wildman–Crippen LogP) is 4.82. The van der Waals surface area contributed by atoms with E-state index in [0.717, 1.165) is 18.4 Å². The number of benzene rings is 1. The normalized spacial score (nSPS) is 29.3. The summed E-state index contributed by atoms with van der Waals surface area (Å²) in [5.74, 6) is 1.63. The van der Waals surface area contributed by atoms with Crippen molar-refractivity contribution in [3.63, 3.8) is 0 Å². The average molecular weight is 309 g/mol. The first kappa shape index (κ1) is 16.7. The van der Waals surface area contributed by atoms with Crippen LogP contribution in [0.1, 0.15) is 45.6 Å². The van der Waals surface area contributed by atoms with Crippen LogP contribution < -0.4 is 5.50 Å².